The molecule has 0 bridgehead atoms. The number of hydrogen-bond acceptors (Lipinski definition) is 2. The summed E-state index contributed by atoms with van der Waals surface area (Å²) >= 11 is 0. The Hall–Kier alpha value is -3.66. The van der Waals surface area contributed by atoms with Crippen molar-refractivity contribution in [3.8, 4) is 5.75 Å². The topological polar surface area (TPSA) is 55.0 Å². The van der Waals surface area contributed by atoms with Crippen molar-refractivity contribution in [2.24, 2.45) is 0 Å². The Morgan fingerprint density at radius 3 is 1.81 bits per heavy atom. The summed E-state index contributed by atoms with van der Waals surface area (Å²) < 4.78 is 0. The maximum atomic E-state index is 11.2. The van der Waals surface area contributed by atoms with Gasteiger partial charge in [0.15, 0.2) is 0 Å². The molecule has 0 spiro atoms. The molecule has 0 unspecified atom stereocenters. The fraction of sp³-hybridized carbons (Fsp3) is 0.185. The lowest BCUT2D eigenvalue weighted by atomic mass is 9.84. The summed E-state index contributed by atoms with van der Waals surface area (Å²) in [6.07, 6.45) is 4.16. The van der Waals surface area contributed by atoms with Gasteiger partial charge >= 0.3 is 0 Å². The molecule has 2 heterocycles. The maximum absolute atomic E-state index is 11.2. The monoisotopic (exact) mass is 409 g/mol. The van der Waals surface area contributed by atoms with Crippen molar-refractivity contribution in [2.75, 3.05) is 18.0 Å². The maximum Gasteiger partial charge on any atom is 0.121 e. The van der Waals surface area contributed by atoms with Crippen LogP contribution in [-0.4, -0.2) is 28.2 Å². The molecule has 0 atom stereocenters. The third kappa shape index (κ3) is 3.25. The second-order valence-corrected chi connectivity index (χ2v) is 7.93. The van der Waals surface area contributed by atoms with Crippen LogP contribution in [0.25, 0.3) is 21.8 Å². The number of anilines is 1. The van der Waals surface area contributed by atoms with E-state index in [0.29, 0.717) is 5.75 Å². The van der Waals surface area contributed by atoms with Crippen molar-refractivity contribution >= 4 is 27.5 Å². The van der Waals surface area contributed by atoms with Gasteiger partial charge in [-0.1, -0.05) is 42.5 Å². The van der Waals surface area contributed by atoms with E-state index in [1.165, 1.54) is 10.8 Å². The number of nitrogens with zero attached hydrogens (tertiary/aromatic N) is 1. The van der Waals surface area contributed by atoms with Crippen LogP contribution in [-0.2, 0) is 0 Å². The fourth-order valence-corrected chi connectivity index (χ4v) is 4.73. The molecular weight excluding hydrogens is 382 g/mol. The van der Waals surface area contributed by atoms with Crippen LogP contribution in [0.15, 0.2) is 79.1 Å². The van der Waals surface area contributed by atoms with Gasteiger partial charge in [0.1, 0.15) is 5.75 Å². The Morgan fingerprint density at radius 1 is 0.742 bits per heavy atom. The molecule has 0 amide bonds. The molecular formula is C27H27N3O. The molecule has 4 heteroatoms. The lowest BCUT2D eigenvalue weighted by Crippen LogP contribution is -2.21. The van der Waals surface area contributed by atoms with E-state index in [0.717, 1.165) is 46.5 Å². The average Bonchev–Trinajstić information content (AvgIpc) is 3.42. The van der Waals surface area contributed by atoms with Crippen LogP contribution < -0.4 is 4.90 Å². The zero-order valence-electron chi connectivity index (χ0n) is 17.9. The first-order chi connectivity index (χ1) is 15.2. The predicted molar refractivity (Wildman–Crippen MR) is 129 cm³/mol. The second-order valence-electron chi connectivity index (χ2n) is 7.93. The van der Waals surface area contributed by atoms with Crippen LogP contribution >= 0.6 is 0 Å². The number of aromatic hydroxyl groups is 1. The summed E-state index contributed by atoms with van der Waals surface area (Å²) in [5.41, 5.74) is 6.47. The molecule has 3 aromatic carbocycles. The van der Waals surface area contributed by atoms with Crippen molar-refractivity contribution in [2.45, 2.75) is 19.8 Å². The van der Waals surface area contributed by atoms with Gasteiger partial charge < -0.3 is 20.0 Å². The van der Waals surface area contributed by atoms with Crippen LogP contribution in [0.4, 0.5) is 5.69 Å². The summed E-state index contributed by atoms with van der Waals surface area (Å²) in [4.78, 5) is 9.08. The number of para-hydroxylation sites is 2. The van der Waals surface area contributed by atoms with E-state index in [1.54, 1.807) is 0 Å². The highest BCUT2D eigenvalue weighted by Crippen LogP contribution is 2.43. The number of hydrogen-bond donors (Lipinski definition) is 3. The molecule has 0 aliphatic rings. The number of aromatic nitrogens is 2. The second kappa shape index (κ2) is 7.88. The van der Waals surface area contributed by atoms with Crippen LogP contribution in [0.5, 0.6) is 5.75 Å². The van der Waals surface area contributed by atoms with Crippen molar-refractivity contribution in [3.05, 3.63) is 95.8 Å². The number of phenols is 1. The number of fused-ring (bicyclic) bond motifs is 2. The van der Waals surface area contributed by atoms with E-state index in [2.05, 4.69) is 89.6 Å². The SMILES string of the molecule is CCN(CC)c1ccc(C(c2c[nH]c3ccccc23)c2c[nH]c3ccccc23)c(O)c1. The largest absolute Gasteiger partial charge is 0.508 e. The van der Waals surface area contributed by atoms with Crippen molar-refractivity contribution < 1.29 is 5.11 Å². The van der Waals surface area contributed by atoms with Gasteiger partial charge in [-0.15, -0.1) is 0 Å². The molecule has 0 saturated carbocycles. The van der Waals surface area contributed by atoms with E-state index in [4.69, 9.17) is 0 Å². The van der Waals surface area contributed by atoms with Gasteiger partial charge in [-0.25, -0.2) is 0 Å². The van der Waals surface area contributed by atoms with Crippen molar-refractivity contribution in [1.29, 1.82) is 0 Å². The van der Waals surface area contributed by atoms with Crippen molar-refractivity contribution in [3.63, 3.8) is 0 Å². The predicted octanol–water partition coefficient (Wildman–Crippen LogP) is 6.38. The average molecular weight is 410 g/mol. The number of nitrogens with one attached hydrogen (secondary N) is 2. The first-order valence-corrected chi connectivity index (χ1v) is 10.9. The summed E-state index contributed by atoms with van der Waals surface area (Å²) in [5, 5.41) is 13.5. The van der Waals surface area contributed by atoms with E-state index in [-0.39, 0.29) is 5.92 Å². The minimum Gasteiger partial charge on any atom is -0.508 e. The fourth-order valence-electron chi connectivity index (χ4n) is 4.73. The van der Waals surface area contributed by atoms with Gasteiger partial charge in [-0.3, -0.25) is 0 Å². The molecule has 0 radical (unpaired) electrons. The minimum atomic E-state index is -0.0990. The quantitative estimate of drug-likeness (QED) is 0.305. The molecule has 0 saturated heterocycles. The van der Waals surface area contributed by atoms with E-state index in [1.807, 2.05) is 18.2 Å². The summed E-state index contributed by atoms with van der Waals surface area (Å²) in [6, 6.07) is 22.8. The van der Waals surface area contributed by atoms with Gasteiger partial charge in [0.05, 0.1) is 0 Å². The summed E-state index contributed by atoms with van der Waals surface area (Å²) in [6.45, 7) is 6.08. The number of H-pyrrole nitrogens is 2. The van der Waals surface area contributed by atoms with E-state index >= 15 is 0 Å². The molecule has 156 valence electrons. The van der Waals surface area contributed by atoms with Gasteiger partial charge in [-0.05, 0) is 43.2 Å². The molecule has 4 nitrogen and oxygen atoms in total. The number of phenolic OH excluding ortho intramolecular Hbond substituents is 1. The third-order valence-electron chi connectivity index (χ3n) is 6.32. The zero-order valence-corrected chi connectivity index (χ0v) is 17.9. The lowest BCUT2D eigenvalue weighted by molar-refractivity contribution is 0.467. The lowest BCUT2D eigenvalue weighted by Gasteiger charge is -2.24. The number of rotatable bonds is 6. The minimum absolute atomic E-state index is 0.0990. The molecule has 0 aliphatic carbocycles. The number of benzene rings is 3. The van der Waals surface area contributed by atoms with Crippen LogP contribution in [0.1, 0.15) is 36.5 Å². The molecule has 0 aliphatic heterocycles. The Labute approximate surface area is 182 Å². The standard InChI is InChI=1S/C27H27N3O/c1-3-30(4-2)18-13-14-21(26(31)15-18)27(22-16-28-24-11-7-5-9-19(22)24)23-17-29-25-12-8-6-10-20(23)25/h5-17,27-29,31H,3-4H2,1-2H3. The number of aromatic amines is 2. The first kappa shape index (κ1) is 19.3. The zero-order chi connectivity index (χ0) is 21.4. The smallest absolute Gasteiger partial charge is 0.121 e. The van der Waals surface area contributed by atoms with Crippen LogP contribution in [0.2, 0.25) is 0 Å². The van der Waals surface area contributed by atoms with Crippen molar-refractivity contribution in [1.82, 2.24) is 9.97 Å². The molecule has 2 aromatic heterocycles. The summed E-state index contributed by atoms with van der Waals surface area (Å²) in [5.74, 6) is 0.225. The van der Waals surface area contributed by atoms with Crippen LogP contribution in [0.3, 0.4) is 0 Å². The van der Waals surface area contributed by atoms with Gasteiger partial charge in [0.2, 0.25) is 0 Å². The Kier molecular flexibility index (Phi) is 4.91. The Bertz CT molecular complexity index is 1270. The highest BCUT2D eigenvalue weighted by Gasteiger charge is 2.25. The molecule has 5 rings (SSSR count). The Balaban J connectivity index is 1.74. The van der Waals surface area contributed by atoms with E-state index in [9.17, 15) is 5.11 Å². The van der Waals surface area contributed by atoms with Crippen LogP contribution in [0, 0.1) is 0 Å². The molecule has 31 heavy (non-hydrogen) atoms. The first-order valence-electron chi connectivity index (χ1n) is 10.9. The third-order valence-corrected chi connectivity index (χ3v) is 6.32. The molecule has 0 fully saturated rings. The highest BCUT2D eigenvalue weighted by molar-refractivity contribution is 5.89. The molecule has 5 aromatic rings. The van der Waals surface area contributed by atoms with Gasteiger partial charge in [0, 0.05) is 70.5 Å². The molecule has 3 N–H and O–H groups in total. The Morgan fingerprint density at radius 2 is 1.29 bits per heavy atom. The van der Waals surface area contributed by atoms with Gasteiger partial charge in [0.25, 0.3) is 0 Å². The highest BCUT2D eigenvalue weighted by atomic mass is 16.3. The normalized spacial score (nSPS) is 11.6. The van der Waals surface area contributed by atoms with E-state index < -0.39 is 0 Å². The summed E-state index contributed by atoms with van der Waals surface area (Å²) in [7, 11) is 0. The van der Waals surface area contributed by atoms with Gasteiger partial charge in [-0.2, -0.15) is 0 Å².